The van der Waals surface area contributed by atoms with Crippen molar-refractivity contribution in [3.8, 4) is 6.07 Å². The number of pyridine rings is 1. The maximum atomic E-state index is 8.59. The Bertz CT molecular complexity index is 469. The summed E-state index contributed by atoms with van der Waals surface area (Å²) in [7, 11) is 0. The molecule has 2 aromatic rings. The molecule has 0 N–H and O–H groups in total. The van der Waals surface area contributed by atoms with Crippen molar-refractivity contribution in [3.05, 3.63) is 42.2 Å². The molecule has 1 heterocycles. The predicted molar refractivity (Wildman–Crippen MR) is 61.4 cm³/mol. The van der Waals surface area contributed by atoms with Gasteiger partial charge in [-0.3, -0.25) is 4.98 Å². The molecule has 0 unspecified atom stereocenters. The molecular weight excluding hydrogens is 240 g/mol. The summed E-state index contributed by atoms with van der Waals surface area (Å²) < 4.78 is 0. The van der Waals surface area contributed by atoms with Crippen molar-refractivity contribution in [2.45, 2.75) is 6.42 Å². The van der Waals surface area contributed by atoms with Gasteiger partial charge in [0.1, 0.15) is 0 Å². The molecule has 0 radical (unpaired) electrons. The smallest absolute Gasteiger partial charge is 0.0781 e. The molecule has 0 spiro atoms. The van der Waals surface area contributed by atoms with Crippen molar-refractivity contribution in [3.63, 3.8) is 0 Å². The molecule has 0 amide bonds. The molecule has 1 aromatic heterocycles. The highest BCUT2D eigenvalue weighted by Gasteiger charge is 1.99. The number of fused-ring (bicyclic) bond motifs is 1. The van der Waals surface area contributed by atoms with Crippen LogP contribution in [0.3, 0.4) is 0 Å². The monoisotopic (exact) mass is 248 g/mol. The maximum absolute atomic E-state index is 8.59. The van der Waals surface area contributed by atoms with Gasteiger partial charge in [-0.25, -0.2) is 0 Å². The van der Waals surface area contributed by atoms with Crippen molar-refractivity contribution < 1.29 is 0 Å². The standard InChI is InChI=1S/C11H8N2.BrH/c12-7-5-11-10-4-2-1-3-9(10)6-8-13-11;/h1-4,6,8H,5H2;1H. The first kappa shape index (κ1) is 10.7. The number of benzene rings is 1. The number of hydrogen-bond donors (Lipinski definition) is 0. The average Bonchev–Trinajstić information content (AvgIpc) is 2.19. The fourth-order valence-electron chi connectivity index (χ4n) is 1.40. The number of rotatable bonds is 1. The topological polar surface area (TPSA) is 36.7 Å². The molecular formula is C11H9BrN2. The van der Waals surface area contributed by atoms with E-state index in [4.69, 9.17) is 5.26 Å². The lowest BCUT2D eigenvalue weighted by Crippen LogP contribution is -1.88. The van der Waals surface area contributed by atoms with Crippen LogP contribution in [0.25, 0.3) is 10.8 Å². The van der Waals surface area contributed by atoms with Crippen LogP contribution in [0.5, 0.6) is 0 Å². The second kappa shape index (κ2) is 4.73. The number of nitrogens with zero attached hydrogens (tertiary/aromatic N) is 2. The van der Waals surface area contributed by atoms with Gasteiger partial charge in [-0.05, 0) is 11.5 Å². The van der Waals surface area contributed by atoms with Gasteiger partial charge < -0.3 is 0 Å². The molecule has 70 valence electrons. The van der Waals surface area contributed by atoms with E-state index in [0.29, 0.717) is 6.42 Å². The Hall–Kier alpha value is -1.40. The zero-order valence-electron chi connectivity index (χ0n) is 7.47. The average molecular weight is 249 g/mol. The first-order valence-corrected chi connectivity index (χ1v) is 4.11. The van der Waals surface area contributed by atoms with Gasteiger partial charge in [0.2, 0.25) is 0 Å². The largest absolute Gasteiger partial charge is 0.260 e. The van der Waals surface area contributed by atoms with E-state index in [1.165, 1.54) is 0 Å². The summed E-state index contributed by atoms with van der Waals surface area (Å²) in [5.74, 6) is 0. The van der Waals surface area contributed by atoms with E-state index in [-0.39, 0.29) is 17.0 Å². The number of aromatic nitrogens is 1. The third-order valence-electron chi connectivity index (χ3n) is 2.00. The Morgan fingerprint density at radius 2 is 2.00 bits per heavy atom. The SMILES string of the molecule is Br.N#CCc1nccc2ccccc12. The molecule has 0 saturated heterocycles. The molecule has 0 fully saturated rings. The Morgan fingerprint density at radius 3 is 2.79 bits per heavy atom. The van der Waals surface area contributed by atoms with Crippen LogP contribution in [-0.2, 0) is 6.42 Å². The summed E-state index contributed by atoms with van der Waals surface area (Å²) in [5.41, 5.74) is 0.862. The van der Waals surface area contributed by atoms with E-state index < -0.39 is 0 Å². The lowest BCUT2D eigenvalue weighted by Gasteiger charge is -2.00. The Balaban J connectivity index is 0.000000980. The molecule has 3 heteroatoms. The van der Waals surface area contributed by atoms with Gasteiger partial charge in [0.05, 0.1) is 18.2 Å². The quantitative estimate of drug-likeness (QED) is 0.779. The Morgan fingerprint density at radius 1 is 1.21 bits per heavy atom. The minimum Gasteiger partial charge on any atom is -0.260 e. The second-order valence-electron chi connectivity index (χ2n) is 2.81. The molecule has 14 heavy (non-hydrogen) atoms. The van der Waals surface area contributed by atoms with Crippen LogP contribution in [0, 0.1) is 11.3 Å². The normalized spacial score (nSPS) is 9.07. The van der Waals surface area contributed by atoms with Gasteiger partial charge >= 0.3 is 0 Å². The van der Waals surface area contributed by atoms with Crippen molar-refractivity contribution in [1.82, 2.24) is 4.98 Å². The third-order valence-corrected chi connectivity index (χ3v) is 2.00. The van der Waals surface area contributed by atoms with Crippen molar-refractivity contribution >= 4 is 27.8 Å². The molecule has 0 atom stereocenters. The van der Waals surface area contributed by atoms with Crippen LogP contribution in [0.4, 0.5) is 0 Å². The first-order valence-electron chi connectivity index (χ1n) is 4.11. The van der Waals surface area contributed by atoms with E-state index in [9.17, 15) is 0 Å². The van der Waals surface area contributed by atoms with E-state index in [1.54, 1.807) is 6.20 Å². The Labute approximate surface area is 93.0 Å². The second-order valence-corrected chi connectivity index (χ2v) is 2.81. The summed E-state index contributed by atoms with van der Waals surface area (Å²) >= 11 is 0. The van der Waals surface area contributed by atoms with E-state index in [0.717, 1.165) is 16.5 Å². The fourth-order valence-corrected chi connectivity index (χ4v) is 1.40. The minimum absolute atomic E-state index is 0. The number of nitriles is 1. The van der Waals surface area contributed by atoms with Crippen molar-refractivity contribution in [2.75, 3.05) is 0 Å². The molecule has 0 aliphatic heterocycles. The van der Waals surface area contributed by atoms with Crippen LogP contribution in [0.15, 0.2) is 36.5 Å². The summed E-state index contributed by atoms with van der Waals surface area (Å²) in [6.45, 7) is 0. The molecule has 0 aliphatic rings. The zero-order chi connectivity index (χ0) is 9.10. The molecule has 2 nitrogen and oxygen atoms in total. The van der Waals surface area contributed by atoms with Gasteiger partial charge in [0.25, 0.3) is 0 Å². The summed E-state index contributed by atoms with van der Waals surface area (Å²) in [6.07, 6.45) is 2.12. The highest BCUT2D eigenvalue weighted by atomic mass is 79.9. The lowest BCUT2D eigenvalue weighted by atomic mass is 10.1. The molecule has 0 saturated carbocycles. The van der Waals surface area contributed by atoms with E-state index in [2.05, 4.69) is 11.1 Å². The van der Waals surface area contributed by atoms with Crippen LogP contribution in [0.2, 0.25) is 0 Å². The zero-order valence-corrected chi connectivity index (χ0v) is 9.19. The van der Waals surface area contributed by atoms with Crippen molar-refractivity contribution in [2.24, 2.45) is 0 Å². The molecule has 1 aromatic carbocycles. The maximum Gasteiger partial charge on any atom is 0.0781 e. The summed E-state index contributed by atoms with van der Waals surface area (Å²) in [4.78, 5) is 4.17. The highest BCUT2D eigenvalue weighted by Crippen LogP contribution is 2.15. The van der Waals surface area contributed by atoms with Gasteiger partial charge in [-0.15, -0.1) is 17.0 Å². The van der Waals surface area contributed by atoms with Gasteiger partial charge in [0, 0.05) is 11.6 Å². The number of halogens is 1. The minimum atomic E-state index is 0. The molecule has 0 bridgehead atoms. The fraction of sp³-hybridized carbons (Fsp3) is 0.0909. The van der Waals surface area contributed by atoms with Crippen LogP contribution >= 0.6 is 17.0 Å². The lowest BCUT2D eigenvalue weighted by molar-refractivity contribution is 1.14. The first-order chi connectivity index (χ1) is 6.42. The van der Waals surface area contributed by atoms with Crippen LogP contribution in [0.1, 0.15) is 5.69 Å². The Kier molecular flexibility index (Phi) is 3.61. The van der Waals surface area contributed by atoms with Crippen LogP contribution < -0.4 is 0 Å². The van der Waals surface area contributed by atoms with E-state index >= 15 is 0 Å². The third kappa shape index (κ3) is 1.91. The predicted octanol–water partition coefficient (Wildman–Crippen LogP) is 2.88. The summed E-state index contributed by atoms with van der Waals surface area (Å²) in [5, 5.41) is 10.8. The van der Waals surface area contributed by atoms with E-state index in [1.807, 2.05) is 30.3 Å². The van der Waals surface area contributed by atoms with Gasteiger partial charge in [-0.2, -0.15) is 5.26 Å². The van der Waals surface area contributed by atoms with Crippen LogP contribution in [-0.4, -0.2) is 4.98 Å². The summed E-state index contributed by atoms with van der Waals surface area (Å²) in [6, 6.07) is 12.0. The van der Waals surface area contributed by atoms with Gasteiger partial charge in [0.15, 0.2) is 0 Å². The molecule has 0 aliphatic carbocycles. The highest BCUT2D eigenvalue weighted by molar-refractivity contribution is 8.93. The number of hydrogen-bond acceptors (Lipinski definition) is 2. The molecule has 2 rings (SSSR count). The van der Waals surface area contributed by atoms with Gasteiger partial charge in [-0.1, -0.05) is 24.3 Å². The van der Waals surface area contributed by atoms with Crippen molar-refractivity contribution in [1.29, 1.82) is 5.26 Å².